The molecule has 0 radical (unpaired) electrons. The van der Waals surface area contributed by atoms with Crippen molar-refractivity contribution in [3.8, 4) is 0 Å². The maximum atomic E-state index is 11.9. The Bertz CT molecular complexity index is 592. The van der Waals surface area contributed by atoms with Crippen LogP contribution in [0, 0.1) is 0 Å². The van der Waals surface area contributed by atoms with Crippen molar-refractivity contribution in [1.82, 2.24) is 0 Å². The van der Waals surface area contributed by atoms with Gasteiger partial charge in [-0.1, -0.05) is 15.9 Å². The van der Waals surface area contributed by atoms with E-state index < -0.39 is 5.97 Å². The van der Waals surface area contributed by atoms with Gasteiger partial charge in [-0.2, -0.15) is 0 Å². The van der Waals surface area contributed by atoms with Crippen LogP contribution in [-0.4, -0.2) is 17.0 Å². The summed E-state index contributed by atoms with van der Waals surface area (Å²) in [5.74, 6) is -1.38. The van der Waals surface area contributed by atoms with Crippen LogP contribution in [0.25, 0.3) is 0 Å². The first kappa shape index (κ1) is 12.8. The second kappa shape index (κ2) is 5.32. The van der Waals surface area contributed by atoms with Crippen LogP contribution in [-0.2, 0) is 0 Å². The second-order valence-corrected chi connectivity index (χ2v) is 5.26. The zero-order valence-electron chi connectivity index (χ0n) is 9.01. The third-order valence-corrected chi connectivity index (χ3v) is 3.65. The molecule has 0 aliphatic rings. The fraction of sp³-hybridized carbons (Fsp3) is 0. The van der Waals surface area contributed by atoms with Crippen molar-refractivity contribution in [2.45, 2.75) is 0 Å². The fourth-order valence-corrected chi connectivity index (χ4v) is 2.32. The van der Waals surface area contributed by atoms with Gasteiger partial charge in [0.15, 0.2) is 0 Å². The molecule has 6 heteroatoms. The quantitative estimate of drug-likeness (QED) is 0.908. The predicted molar refractivity (Wildman–Crippen MR) is 73.4 cm³/mol. The molecule has 0 aliphatic heterocycles. The van der Waals surface area contributed by atoms with Gasteiger partial charge in [0.05, 0.1) is 5.69 Å². The third-order valence-electron chi connectivity index (χ3n) is 2.21. The molecule has 1 aromatic heterocycles. The molecule has 0 fully saturated rings. The molecule has 0 aliphatic carbocycles. The number of hydrogen-bond donors (Lipinski definition) is 2. The summed E-state index contributed by atoms with van der Waals surface area (Å²) >= 11 is 4.35. The lowest BCUT2D eigenvalue weighted by atomic mass is 10.2. The van der Waals surface area contributed by atoms with Crippen LogP contribution in [0.1, 0.15) is 20.0 Å². The lowest BCUT2D eigenvalue weighted by Crippen LogP contribution is -2.13. The molecule has 1 heterocycles. The van der Waals surface area contributed by atoms with Gasteiger partial charge >= 0.3 is 5.97 Å². The number of carboxylic acids is 1. The fourth-order valence-electron chi connectivity index (χ4n) is 1.37. The van der Waals surface area contributed by atoms with E-state index in [1.165, 1.54) is 0 Å². The number of carbonyl (C=O) groups is 2. The van der Waals surface area contributed by atoms with Gasteiger partial charge in [-0.3, -0.25) is 4.79 Å². The van der Waals surface area contributed by atoms with Crippen LogP contribution in [0.15, 0.2) is 40.2 Å². The summed E-state index contributed by atoms with van der Waals surface area (Å²) in [6.45, 7) is 0. The van der Waals surface area contributed by atoms with Crippen LogP contribution in [0.3, 0.4) is 0 Å². The Kier molecular flexibility index (Phi) is 3.78. The highest BCUT2D eigenvalue weighted by Gasteiger charge is 2.14. The average molecular weight is 326 g/mol. The van der Waals surface area contributed by atoms with Gasteiger partial charge in [-0.15, -0.1) is 11.3 Å². The third kappa shape index (κ3) is 2.77. The highest BCUT2D eigenvalue weighted by Crippen LogP contribution is 2.23. The minimum Gasteiger partial charge on any atom is -0.477 e. The molecule has 2 aromatic rings. The van der Waals surface area contributed by atoms with Crippen LogP contribution in [0.4, 0.5) is 5.69 Å². The predicted octanol–water partition coefficient (Wildman–Crippen LogP) is 3.46. The monoisotopic (exact) mass is 325 g/mol. The Balaban J connectivity index is 2.19. The lowest BCUT2D eigenvalue weighted by molar-refractivity contribution is 0.0703. The molecule has 2 rings (SSSR count). The first-order chi connectivity index (χ1) is 8.58. The van der Waals surface area contributed by atoms with Crippen molar-refractivity contribution in [1.29, 1.82) is 0 Å². The zero-order valence-corrected chi connectivity index (χ0v) is 11.4. The Hall–Kier alpha value is -1.66. The molecule has 92 valence electrons. The molecule has 0 bridgehead atoms. The highest BCUT2D eigenvalue weighted by molar-refractivity contribution is 9.10. The van der Waals surface area contributed by atoms with Crippen LogP contribution in [0.2, 0.25) is 0 Å². The topological polar surface area (TPSA) is 66.4 Å². The summed E-state index contributed by atoms with van der Waals surface area (Å²) < 4.78 is 0.876. The van der Waals surface area contributed by atoms with E-state index in [1.54, 1.807) is 35.7 Å². The molecular weight excluding hydrogens is 318 g/mol. The van der Waals surface area contributed by atoms with Gasteiger partial charge < -0.3 is 10.4 Å². The summed E-state index contributed by atoms with van der Waals surface area (Å²) in [6.07, 6.45) is 0. The molecule has 4 nitrogen and oxygen atoms in total. The Morgan fingerprint density at radius 3 is 2.44 bits per heavy atom. The summed E-state index contributed by atoms with van der Waals surface area (Å²) in [4.78, 5) is 22.9. The van der Waals surface area contributed by atoms with Crippen LogP contribution >= 0.6 is 27.3 Å². The number of amides is 1. The van der Waals surface area contributed by atoms with Crippen molar-refractivity contribution in [3.63, 3.8) is 0 Å². The maximum Gasteiger partial charge on any atom is 0.348 e. The summed E-state index contributed by atoms with van der Waals surface area (Å²) in [5.41, 5.74) is 0.793. The van der Waals surface area contributed by atoms with E-state index >= 15 is 0 Å². The Labute approximate surface area is 115 Å². The number of rotatable bonds is 3. The standard InChI is InChI=1S/C12H8BrNO3S/c13-8-3-1-7(2-4-8)11(15)14-9-5-6-18-10(9)12(16)17/h1-6H,(H,14,15)(H,16,17). The molecule has 0 saturated carbocycles. The molecule has 1 amide bonds. The summed E-state index contributed by atoms with van der Waals surface area (Å²) in [6, 6.07) is 8.39. The normalized spacial score (nSPS) is 10.1. The van der Waals surface area contributed by atoms with Gasteiger partial charge in [-0.05, 0) is 35.7 Å². The van der Waals surface area contributed by atoms with E-state index in [0.717, 1.165) is 15.8 Å². The Morgan fingerprint density at radius 1 is 1.17 bits per heavy atom. The summed E-state index contributed by atoms with van der Waals surface area (Å²) in [7, 11) is 0. The molecule has 0 unspecified atom stereocenters. The van der Waals surface area contributed by atoms with E-state index in [1.807, 2.05) is 0 Å². The van der Waals surface area contributed by atoms with E-state index in [9.17, 15) is 9.59 Å². The number of carbonyl (C=O) groups excluding carboxylic acids is 1. The number of aromatic carboxylic acids is 1. The second-order valence-electron chi connectivity index (χ2n) is 3.43. The van der Waals surface area contributed by atoms with Gasteiger partial charge in [0, 0.05) is 10.0 Å². The van der Waals surface area contributed by atoms with Gasteiger partial charge in [0.25, 0.3) is 5.91 Å². The first-order valence-corrected chi connectivity index (χ1v) is 6.63. The van der Waals surface area contributed by atoms with Gasteiger partial charge in [-0.25, -0.2) is 4.79 Å². The first-order valence-electron chi connectivity index (χ1n) is 4.95. The molecule has 0 spiro atoms. The summed E-state index contributed by atoms with van der Waals surface area (Å²) in [5, 5.41) is 13.1. The number of nitrogens with one attached hydrogen (secondary N) is 1. The highest BCUT2D eigenvalue weighted by atomic mass is 79.9. The molecule has 0 atom stereocenters. The number of thiophene rings is 1. The number of anilines is 1. The molecule has 1 aromatic carbocycles. The number of benzene rings is 1. The average Bonchev–Trinajstić information content (AvgIpc) is 2.78. The van der Waals surface area contributed by atoms with E-state index in [0.29, 0.717) is 11.3 Å². The van der Waals surface area contributed by atoms with E-state index in [-0.39, 0.29) is 10.8 Å². The van der Waals surface area contributed by atoms with Gasteiger partial charge in [0.2, 0.25) is 0 Å². The van der Waals surface area contributed by atoms with E-state index in [2.05, 4.69) is 21.2 Å². The van der Waals surface area contributed by atoms with Crippen molar-refractivity contribution >= 4 is 44.8 Å². The largest absolute Gasteiger partial charge is 0.477 e. The van der Waals surface area contributed by atoms with Crippen LogP contribution < -0.4 is 5.32 Å². The van der Waals surface area contributed by atoms with Crippen molar-refractivity contribution in [3.05, 3.63) is 50.6 Å². The maximum absolute atomic E-state index is 11.9. The van der Waals surface area contributed by atoms with E-state index in [4.69, 9.17) is 5.11 Å². The van der Waals surface area contributed by atoms with Gasteiger partial charge in [0.1, 0.15) is 4.88 Å². The minimum absolute atomic E-state index is 0.125. The molecule has 18 heavy (non-hydrogen) atoms. The van der Waals surface area contributed by atoms with Crippen LogP contribution in [0.5, 0.6) is 0 Å². The van der Waals surface area contributed by atoms with Crippen molar-refractivity contribution in [2.24, 2.45) is 0 Å². The Morgan fingerprint density at radius 2 is 1.83 bits per heavy atom. The molecule has 0 saturated heterocycles. The number of carboxylic acid groups (broad SMARTS) is 1. The number of hydrogen-bond acceptors (Lipinski definition) is 3. The lowest BCUT2D eigenvalue weighted by Gasteiger charge is -2.04. The minimum atomic E-state index is -1.05. The molecular formula is C12H8BrNO3S. The smallest absolute Gasteiger partial charge is 0.348 e. The number of halogens is 1. The van der Waals surface area contributed by atoms with Crippen molar-refractivity contribution in [2.75, 3.05) is 5.32 Å². The molecule has 2 N–H and O–H groups in total. The SMILES string of the molecule is O=C(Nc1ccsc1C(=O)O)c1ccc(Br)cc1. The zero-order chi connectivity index (χ0) is 13.1. The van der Waals surface area contributed by atoms with Crippen molar-refractivity contribution < 1.29 is 14.7 Å².